The van der Waals surface area contributed by atoms with Gasteiger partial charge in [0.15, 0.2) is 5.69 Å². The number of anilines is 1. The Hall–Kier alpha value is -3.69. The summed E-state index contributed by atoms with van der Waals surface area (Å²) in [6, 6.07) is 4.19. The quantitative estimate of drug-likeness (QED) is 0.473. The molecule has 0 bridgehead atoms. The van der Waals surface area contributed by atoms with Crippen molar-refractivity contribution in [1.82, 2.24) is 25.6 Å². The lowest BCUT2D eigenvalue weighted by Gasteiger charge is -2.27. The maximum absolute atomic E-state index is 15.0. The summed E-state index contributed by atoms with van der Waals surface area (Å²) in [6.07, 6.45) is 5.82. The molecule has 2 fully saturated rings. The number of hydrogen-bond donors (Lipinski definition) is 2. The van der Waals surface area contributed by atoms with E-state index in [4.69, 9.17) is 0 Å². The fourth-order valence-corrected chi connectivity index (χ4v) is 4.69. The second-order valence-electron chi connectivity index (χ2n) is 9.57. The van der Waals surface area contributed by atoms with Gasteiger partial charge in [-0.1, -0.05) is 5.16 Å². The molecule has 1 atom stereocenters. The van der Waals surface area contributed by atoms with Gasteiger partial charge in [-0.15, -0.1) is 0 Å². The number of aryl methyl sites for hydroxylation is 3. The Bertz CT molecular complexity index is 1270. The predicted octanol–water partition coefficient (Wildman–Crippen LogP) is 3.76. The van der Waals surface area contributed by atoms with Crippen LogP contribution in [0.5, 0.6) is 0 Å². The zero-order valence-corrected chi connectivity index (χ0v) is 19.8. The van der Waals surface area contributed by atoms with Crippen molar-refractivity contribution in [3.05, 3.63) is 53.0 Å². The van der Waals surface area contributed by atoms with E-state index in [1.807, 2.05) is 13.0 Å². The van der Waals surface area contributed by atoms with Crippen molar-refractivity contribution < 1.29 is 18.6 Å². The highest BCUT2D eigenvalue weighted by Crippen LogP contribution is 2.51. The van der Waals surface area contributed by atoms with Gasteiger partial charge in [0.1, 0.15) is 17.6 Å². The highest BCUT2D eigenvalue weighted by molar-refractivity contribution is 6.00. The molecule has 2 aliphatic rings. The van der Waals surface area contributed by atoms with Gasteiger partial charge in [0, 0.05) is 23.0 Å². The third kappa shape index (κ3) is 4.91. The number of nitrogens with one attached hydrogen (secondary N) is 2. The zero-order chi connectivity index (χ0) is 24.7. The minimum atomic E-state index is -0.800. The molecule has 3 aromatic heterocycles. The average Bonchev–Trinajstić information content (AvgIpc) is 3.75. The SMILES string of the molecule is Cc1cnc(C)c(-c2ccc(NC(=O)[C@@H](NC(=O)c3nonc3C)C(C3CC3)C3CC3)nc2F)c1. The number of aromatic nitrogens is 4. The van der Waals surface area contributed by atoms with E-state index in [1.165, 1.54) is 0 Å². The Morgan fingerprint density at radius 3 is 2.34 bits per heavy atom. The summed E-state index contributed by atoms with van der Waals surface area (Å²) in [5.41, 5.74) is 2.94. The van der Waals surface area contributed by atoms with Crippen LogP contribution in [0.15, 0.2) is 29.0 Å². The maximum atomic E-state index is 15.0. The third-order valence-electron chi connectivity index (χ3n) is 6.77. The molecule has 5 rings (SSSR count). The molecule has 9 nitrogen and oxygen atoms in total. The van der Waals surface area contributed by atoms with Gasteiger partial charge in [-0.3, -0.25) is 14.6 Å². The molecular weight excluding hydrogens is 451 g/mol. The van der Waals surface area contributed by atoms with E-state index in [1.54, 1.807) is 32.2 Å². The maximum Gasteiger partial charge on any atom is 0.276 e. The highest BCUT2D eigenvalue weighted by Gasteiger charge is 2.48. The zero-order valence-electron chi connectivity index (χ0n) is 19.8. The number of halogens is 1. The molecule has 0 saturated heterocycles. The number of rotatable bonds is 8. The molecule has 3 heterocycles. The van der Waals surface area contributed by atoms with Crippen LogP contribution < -0.4 is 10.6 Å². The van der Waals surface area contributed by atoms with Gasteiger partial charge in [0.2, 0.25) is 11.9 Å². The third-order valence-corrected chi connectivity index (χ3v) is 6.77. The number of carbonyl (C=O) groups excluding carboxylic acids is 2. The summed E-state index contributed by atoms with van der Waals surface area (Å²) in [4.78, 5) is 34.6. The minimum absolute atomic E-state index is 0.00394. The Labute approximate surface area is 201 Å². The lowest BCUT2D eigenvalue weighted by Crippen LogP contribution is -2.50. The molecule has 2 N–H and O–H groups in total. The van der Waals surface area contributed by atoms with E-state index in [0.717, 1.165) is 31.2 Å². The normalized spacial score (nSPS) is 16.3. The van der Waals surface area contributed by atoms with Crippen LogP contribution in [0.2, 0.25) is 0 Å². The summed E-state index contributed by atoms with van der Waals surface area (Å²) in [5, 5.41) is 12.9. The van der Waals surface area contributed by atoms with Gasteiger partial charge >= 0.3 is 0 Å². The summed E-state index contributed by atoms with van der Waals surface area (Å²) in [7, 11) is 0. The van der Waals surface area contributed by atoms with Gasteiger partial charge in [-0.25, -0.2) is 9.61 Å². The number of nitrogens with zero attached hydrogens (tertiary/aromatic N) is 4. The van der Waals surface area contributed by atoms with Crippen LogP contribution in [0.3, 0.4) is 0 Å². The van der Waals surface area contributed by atoms with Crippen LogP contribution in [-0.4, -0.2) is 38.1 Å². The summed E-state index contributed by atoms with van der Waals surface area (Å²) in [5.74, 6) is -0.818. The van der Waals surface area contributed by atoms with Gasteiger partial charge in [0.25, 0.3) is 5.91 Å². The lowest BCUT2D eigenvalue weighted by molar-refractivity contribution is -0.119. The van der Waals surface area contributed by atoms with Crippen molar-refractivity contribution in [3.63, 3.8) is 0 Å². The largest absolute Gasteiger partial charge is 0.338 e. The summed E-state index contributed by atoms with van der Waals surface area (Å²) in [6.45, 7) is 5.30. The molecule has 35 heavy (non-hydrogen) atoms. The van der Waals surface area contributed by atoms with Gasteiger partial charge in [-0.2, -0.15) is 4.39 Å². The van der Waals surface area contributed by atoms with Gasteiger partial charge in [-0.05, 0) is 93.1 Å². The fourth-order valence-electron chi connectivity index (χ4n) is 4.69. The van der Waals surface area contributed by atoms with Crippen LogP contribution in [0.25, 0.3) is 11.1 Å². The topological polar surface area (TPSA) is 123 Å². The highest BCUT2D eigenvalue weighted by atomic mass is 19.1. The molecule has 182 valence electrons. The van der Waals surface area contributed by atoms with Crippen molar-refractivity contribution in [2.45, 2.75) is 52.5 Å². The summed E-state index contributed by atoms with van der Waals surface area (Å²) < 4.78 is 19.6. The molecular formula is C25H27FN6O3. The smallest absolute Gasteiger partial charge is 0.276 e. The summed E-state index contributed by atoms with van der Waals surface area (Å²) >= 11 is 0. The fraction of sp³-hybridized carbons (Fsp3) is 0.440. The number of carbonyl (C=O) groups is 2. The second kappa shape index (κ2) is 9.16. The minimum Gasteiger partial charge on any atom is -0.338 e. The van der Waals surface area contributed by atoms with Crippen LogP contribution in [0.4, 0.5) is 10.2 Å². The Kier molecular flexibility index (Phi) is 6.04. The first kappa shape index (κ1) is 23.1. The van der Waals surface area contributed by atoms with Crippen molar-refractivity contribution in [1.29, 1.82) is 0 Å². The molecule has 3 aromatic rings. The number of amides is 2. The Balaban J connectivity index is 1.38. The van der Waals surface area contributed by atoms with Crippen LogP contribution >= 0.6 is 0 Å². The van der Waals surface area contributed by atoms with Crippen LogP contribution in [0.1, 0.15) is 53.1 Å². The van der Waals surface area contributed by atoms with Gasteiger partial charge < -0.3 is 10.6 Å². The molecule has 0 unspecified atom stereocenters. The first-order valence-electron chi connectivity index (χ1n) is 11.8. The molecule has 2 amide bonds. The molecule has 0 spiro atoms. The molecule has 2 aliphatic carbocycles. The van der Waals surface area contributed by atoms with Crippen molar-refractivity contribution >= 4 is 17.6 Å². The van der Waals surface area contributed by atoms with Crippen molar-refractivity contribution in [2.75, 3.05) is 5.32 Å². The van der Waals surface area contributed by atoms with E-state index in [9.17, 15) is 14.0 Å². The van der Waals surface area contributed by atoms with E-state index in [0.29, 0.717) is 34.4 Å². The first-order valence-corrected chi connectivity index (χ1v) is 11.8. The number of pyridine rings is 2. The van der Waals surface area contributed by atoms with Crippen molar-refractivity contribution in [3.8, 4) is 11.1 Å². The molecule has 0 radical (unpaired) electrons. The monoisotopic (exact) mass is 478 g/mol. The standard InChI is InChI=1S/C25H27FN6O3/c1-12-10-18(13(2)27-11-12)17-8-9-19(28-23(17)26)29-25(34)22(20(15-4-5-15)16-6-7-16)30-24(33)21-14(3)31-35-32-21/h8-11,15-16,20,22H,4-7H2,1-3H3,(H,30,33)(H,28,29,34)/t22-/m0/s1. The van der Waals surface area contributed by atoms with Gasteiger partial charge in [0.05, 0.1) is 0 Å². The predicted molar refractivity (Wildman–Crippen MR) is 125 cm³/mol. The molecule has 10 heteroatoms. The van der Waals surface area contributed by atoms with E-state index in [-0.39, 0.29) is 17.4 Å². The van der Waals surface area contributed by atoms with E-state index >= 15 is 0 Å². The Morgan fingerprint density at radius 1 is 1.03 bits per heavy atom. The Morgan fingerprint density at radius 2 is 1.74 bits per heavy atom. The van der Waals surface area contributed by atoms with E-state index < -0.39 is 23.8 Å². The lowest BCUT2D eigenvalue weighted by atomic mass is 9.88. The molecule has 0 aliphatic heterocycles. The van der Waals surface area contributed by atoms with Crippen LogP contribution in [-0.2, 0) is 4.79 Å². The average molecular weight is 479 g/mol. The van der Waals surface area contributed by atoms with Crippen LogP contribution in [0, 0.1) is 44.5 Å². The van der Waals surface area contributed by atoms with Crippen molar-refractivity contribution in [2.24, 2.45) is 17.8 Å². The molecule has 2 saturated carbocycles. The second-order valence-corrected chi connectivity index (χ2v) is 9.57. The molecule has 0 aromatic carbocycles. The number of hydrogen-bond acceptors (Lipinski definition) is 7. The van der Waals surface area contributed by atoms with E-state index in [2.05, 4.69) is 35.5 Å². The first-order chi connectivity index (χ1) is 16.8.